The third-order valence-corrected chi connectivity index (χ3v) is 3.56. The van der Waals surface area contributed by atoms with Gasteiger partial charge in [-0.05, 0) is 42.4 Å². The monoisotopic (exact) mass is 322 g/mol. The van der Waals surface area contributed by atoms with Crippen LogP contribution >= 0.6 is 12.2 Å². The highest BCUT2D eigenvalue weighted by Gasteiger charge is 2.03. The van der Waals surface area contributed by atoms with Crippen LogP contribution in [-0.4, -0.2) is 14.9 Å². The Hall–Kier alpha value is -2.66. The van der Waals surface area contributed by atoms with Crippen LogP contribution in [0.2, 0.25) is 0 Å². The van der Waals surface area contributed by atoms with Crippen LogP contribution in [-0.2, 0) is 6.54 Å². The number of hydrogen-bond acceptors (Lipinski definition) is 2. The lowest BCUT2D eigenvalue weighted by atomic mass is 10.2. The van der Waals surface area contributed by atoms with Crippen LogP contribution in [0.15, 0.2) is 67.0 Å². The fourth-order valence-corrected chi connectivity index (χ4v) is 2.54. The van der Waals surface area contributed by atoms with Crippen molar-refractivity contribution in [3.05, 3.63) is 78.1 Å². The van der Waals surface area contributed by atoms with E-state index in [-0.39, 0.29) is 0 Å². The van der Waals surface area contributed by atoms with Gasteiger partial charge in [0.15, 0.2) is 5.11 Å². The van der Waals surface area contributed by atoms with Gasteiger partial charge in [0, 0.05) is 11.9 Å². The van der Waals surface area contributed by atoms with E-state index in [2.05, 4.69) is 40.9 Å². The van der Waals surface area contributed by atoms with Crippen LogP contribution in [0.3, 0.4) is 0 Å². The van der Waals surface area contributed by atoms with Crippen LogP contribution in [0.25, 0.3) is 0 Å². The van der Waals surface area contributed by atoms with E-state index in [1.54, 1.807) is 6.20 Å². The summed E-state index contributed by atoms with van der Waals surface area (Å²) in [4.78, 5) is 0. The van der Waals surface area contributed by atoms with Gasteiger partial charge in [-0.25, -0.2) is 0 Å². The van der Waals surface area contributed by atoms with Crippen molar-refractivity contribution < 1.29 is 0 Å². The molecular weight excluding hydrogens is 304 g/mol. The maximum atomic E-state index is 5.34. The van der Waals surface area contributed by atoms with Crippen LogP contribution in [0, 0.1) is 6.92 Å². The van der Waals surface area contributed by atoms with E-state index in [4.69, 9.17) is 12.2 Å². The van der Waals surface area contributed by atoms with E-state index in [9.17, 15) is 0 Å². The first-order valence-corrected chi connectivity index (χ1v) is 7.81. The lowest BCUT2D eigenvalue weighted by Crippen LogP contribution is -2.18. The highest BCUT2D eigenvalue weighted by atomic mass is 32.1. The molecule has 1 aromatic heterocycles. The topological polar surface area (TPSA) is 41.9 Å². The number of aromatic nitrogens is 2. The molecule has 3 rings (SSSR count). The predicted molar refractivity (Wildman–Crippen MR) is 98.8 cm³/mol. The standard InChI is InChI=1S/C18H18N4S/c1-14-6-5-9-16(10-14)20-18(23)21-17-11-19-22(13-17)12-15-7-3-2-4-8-15/h2-11,13H,12H2,1H3,(H2,20,21,23). The van der Waals surface area contributed by atoms with Gasteiger partial charge < -0.3 is 10.6 Å². The third kappa shape index (κ3) is 4.40. The Labute approximate surface area is 141 Å². The van der Waals surface area contributed by atoms with Crippen molar-refractivity contribution in [2.45, 2.75) is 13.5 Å². The number of hydrogen-bond donors (Lipinski definition) is 2. The molecule has 1 heterocycles. The quantitative estimate of drug-likeness (QED) is 0.711. The van der Waals surface area contributed by atoms with Gasteiger partial charge in [-0.1, -0.05) is 42.5 Å². The maximum Gasteiger partial charge on any atom is 0.175 e. The largest absolute Gasteiger partial charge is 0.332 e. The summed E-state index contributed by atoms with van der Waals surface area (Å²) >= 11 is 5.34. The average molecular weight is 322 g/mol. The van der Waals surface area contributed by atoms with Gasteiger partial charge in [-0.2, -0.15) is 5.10 Å². The second-order valence-corrected chi connectivity index (χ2v) is 5.77. The van der Waals surface area contributed by atoms with Gasteiger partial charge in [0.25, 0.3) is 0 Å². The molecule has 0 unspecified atom stereocenters. The molecule has 0 spiro atoms. The minimum Gasteiger partial charge on any atom is -0.332 e. The normalized spacial score (nSPS) is 10.3. The first-order chi connectivity index (χ1) is 11.2. The first kappa shape index (κ1) is 15.2. The molecule has 116 valence electrons. The fourth-order valence-electron chi connectivity index (χ4n) is 2.30. The molecule has 2 aromatic carbocycles. The van der Waals surface area contributed by atoms with Crippen LogP contribution < -0.4 is 10.6 Å². The molecule has 3 aromatic rings. The number of benzene rings is 2. The Bertz CT molecular complexity index is 796. The second-order valence-electron chi connectivity index (χ2n) is 5.36. The number of aryl methyl sites for hydroxylation is 1. The van der Waals surface area contributed by atoms with E-state index in [0.717, 1.165) is 17.9 Å². The molecular formula is C18H18N4S. The summed E-state index contributed by atoms with van der Waals surface area (Å²) in [5.41, 5.74) is 4.24. The third-order valence-electron chi connectivity index (χ3n) is 3.35. The Morgan fingerprint density at radius 3 is 2.61 bits per heavy atom. The second kappa shape index (κ2) is 7.07. The van der Waals surface area contributed by atoms with E-state index < -0.39 is 0 Å². The molecule has 0 aliphatic heterocycles. The molecule has 0 aliphatic rings. The van der Waals surface area contributed by atoms with E-state index in [1.165, 1.54) is 11.1 Å². The van der Waals surface area contributed by atoms with Crippen molar-refractivity contribution in [3.8, 4) is 0 Å². The molecule has 0 aliphatic carbocycles. The summed E-state index contributed by atoms with van der Waals surface area (Å²) in [6.45, 7) is 2.79. The summed E-state index contributed by atoms with van der Waals surface area (Å²) < 4.78 is 1.88. The first-order valence-electron chi connectivity index (χ1n) is 7.40. The molecule has 0 bridgehead atoms. The minimum absolute atomic E-state index is 0.551. The lowest BCUT2D eigenvalue weighted by Gasteiger charge is -2.09. The van der Waals surface area contributed by atoms with Gasteiger partial charge in [0.2, 0.25) is 0 Å². The zero-order valence-electron chi connectivity index (χ0n) is 12.9. The molecule has 0 radical (unpaired) electrons. The average Bonchev–Trinajstić information content (AvgIpc) is 2.95. The lowest BCUT2D eigenvalue weighted by molar-refractivity contribution is 0.687. The highest BCUT2D eigenvalue weighted by Crippen LogP contribution is 2.12. The van der Waals surface area contributed by atoms with Gasteiger partial charge in [-0.15, -0.1) is 0 Å². The van der Waals surface area contributed by atoms with E-state index in [1.807, 2.05) is 47.3 Å². The van der Waals surface area contributed by atoms with Gasteiger partial charge in [-0.3, -0.25) is 4.68 Å². The molecule has 0 saturated heterocycles. The number of anilines is 2. The fraction of sp³-hybridized carbons (Fsp3) is 0.111. The predicted octanol–water partition coefficient (Wildman–Crippen LogP) is 4.05. The molecule has 0 atom stereocenters. The number of nitrogens with zero attached hydrogens (tertiary/aromatic N) is 2. The molecule has 23 heavy (non-hydrogen) atoms. The van der Waals surface area contributed by atoms with Gasteiger partial charge in [0.1, 0.15) is 0 Å². The zero-order valence-corrected chi connectivity index (χ0v) is 13.7. The molecule has 2 N–H and O–H groups in total. The molecule has 0 amide bonds. The van der Waals surface area contributed by atoms with Crippen LogP contribution in [0.5, 0.6) is 0 Å². The molecule has 0 fully saturated rings. The summed E-state index contributed by atoms with van der Waals surface area (Å²) in [5, 5.41) is 11.2. The van der Waals surface area contributed by atoms with Crippen molar-refractivity contribution >= 4 is 28.7 Å². The van der Waals surface area contributed by atoms with Gasteiger partial charge >= 0.3 is 0 Å². The Balaban J connectivity index is 1.59. The van der Waals surface area contributed by atoms with Crippen molar-refractivity contribution in [1.29, 1.82) is 0 Å². The Morgan fingerprint density at radius 2 is 1.83 bits per heavy atom. The smallest absolute Gasteiger partial charge is 0.175 e. The number of nitrogens with one attached hydrogen (secondary N) is 2. The van der Waals surface area contributed by atoms with Crippen molar-refractivity contribution in [2.75, 3.05) is 10.6 Å². The van der Waals surface area contributed by atoms with Crippen molar-refractivity contribution in [2.24, 2.45) is 0 Å². The molecule has 0 saturated carbocycles. The van der Waals surface area contributed by atoms with E-state index in [0.29, 0.717) is 5.11 Å². The maximum absolute atomic E-state index is 5.34. The van der Waals surface area contributed by atoms with Crippen LogP contribution in [0.1, 0.15) is 11.1 Å². The minimum atomic E-state index is 0.551. The Morgan fingerprint density at radius 1 is 1.04 bits per heavy atom. The molecule has 4 nitrogen and oxygen atoms in total. The van der Waals surface area contributed by atoms with Crippen LogP contribution in [0.4, 0.5) is 11.4 Å². The summed E-state index contributed by atoms with van der Waals surface area (Å²) in [6.07, 6.45) is 3.71. The summed E-state index contributed by atoms with van der Waals surface area (Å²) in [6, 6.07) is 18.3. The highest BCUT2D eigenvalue weighted by molar-refractivity contribution is 7.80. The summed E-state index contributed by atoms with van der Waals surface area (Å²) in [7, 11) is 0. The Kier molecular flexibility index (Phi) is 4.68. The van der Waals surface area contributed by atoms with Crippen molar-refractivity contribution in [3.63, 3.8) is 0 Å². The number of rotatable bonds is 4. The molecule has 5 heteroatoms. The van der Waals surface area contributed by atoms with E-state index >= 15 is 0 Å². The summed E-state index contributed by atoms with van der Waals surface area (Å²) in [5.74, 6) is 0. The van der Waals surface area contributed by atoms with Crippen molar-refractivity contribution in [1.82, 2.24) is 9.78 Å². The van der Waals surface area contributed by atoms with Gasteiger partial charge in [0.05, 0.1) is 18.4 Å². The number of thiocarbonyl (C=S) groups is 1. The SMILES string of the molecule is Cc1cccc(NC(=S)Nc2cnn(Cc3ccccc3)c2)c1. The zero-order chi connectivity index (χ0) is 16.1.